The minimum atomic E-state index is 0.382. The molecule has 1 aromatic heterocycles. The average Bonchev–Trinajstić information content (AvgIpc) is 2.63. The summed E-state index contributed by atoms with van der Waals surface area (Å²) in [5.74, 6) is 0. The molecule has 1 aromatic carbocycles. The molecule has 1 saturated heterocycles. The predicted octanol–water partition coefficient (Wildman–Crippen LogP) is 4.00. The second kappa shape index (κ2) is 8.41. The molecule has 1 unspecified atom stereocenters. The normalized spacial score (nSPS) is 17.8. The van der Waals surface area contributed by atoms with Crippen molar-refractivity contribution in [3.05, 3.63) is 65.5 Å². The summed E-state index contributed by atoms with van der Waals surface area (Å²) in [5, 5.41) is 0. The van der Waals surface area contributed by atoms with Crippen LogP contribution in [0.2, 0.25) is 0 Å². The van der Waals surface area contributed by atoms with Crippen molar-refractivity contribution in [1.82, 2.24) is 9.88 Å². The second-order valence-corrected chi connectivity index (χ2v) is 6.89. The topological polar surface area (TPSA) is 25.4 Å². The number of likely N-dealkylation sites (tertiary alicyclic amines) is 1. The fourth-order valence-corrected chi connectivity index (χ4v) is 3.47. The van der Waals surface area contributed by atoms with Crippen LogP contribution in [-0.2, 0) is 17.8 Å². The van der Waals surface area contributed by atoms with Crippen LogP contribution in [0.5, 0.6) is 0 Å². The van der Waals surface area contributed by atoms with E-state index in [4.69, 9.17) is 4.74 Å². The fraction of sp³-hybridized carbons (Fsp3) is 0.476. The maximum Gasteiger partial charge on any atom is 0.0735 e. The summed E-state index contributed by atoms with van der Waals surface area (Å²) in [6.07, 6.45) is 7.45. The number of aromatic nitrogens is 1. The maximum atomic E-state index is 6.07. The summed E-state index contributed by atoms with van der Waals surface area (Å²) in [4.78, 5) is 6.75. The van der Waals surface area contributed by atoms with E-state index in [9.17, 15) is 0 Å². The monoisotopic (exact) mass is 324 g/mol. The third kappa shape index (κ3) is 4.65. The Morgan fingerprint density at radius 3 is 2.67 bits per heavy atom. The number of rotatable bonds is 6. The molecule has 3 nitrogen and oxygen atoms in total. The van der Waals surface area contributed by atoms with E-state index in [0.29, 0.717) is 18.8 Å². The van der Waals surface area contributed by atoms with E-state index in [2.05, 4.69) is 54.1 Å². The second-order valence-electron chi connectivity index (χ2n) is 6.89. The van der Waals surface area contributed by atoms with Gasteiger partial charge >= 0.3 is 0 Å². The van der Waals surface area contributed by atoms with Gasteiger partial charge in [0.2, 0.25) is 0 Å². The molecule has 1 aliphatic heterocycles. The zero-order valence-electron chi connectivity index (χ0n) is 14.8. The highest BCUT2D eigenvalue weighted by molar-refractivity contribution is 5.26. The lowest BCUT2D eigenvalue weighted by Crippen LogP contribution is -2.43. The summed E-state index contributed by atoms with van der Waals surface area (Å²) in [6, 6.07) is 13.4. The first-order valence-corrected chi connectivity index (χ1v) is 9.01. The van der Waals surface area contributed by atoms with E-state index in [1.54, 1.807) is 6.20 Å². The molecule has 3 rings (SSSR count). The van der Waals surface area contributed by atoms with Crippen LogP contribution >= 0.6 is 0 Å². The van der Waals surface area contributed by atoms with Gasteiger partial charge in [0.1, 0.15) is 0 Å². The summed E-state index contributed by atoms with van der Waals surface area (Å²) >= 11 is 0. The molecule has 0 saturated carbocycles. The SMILES string of the molecule is Cc1ccccc1CC(C)N1CCC(OCc2cccnc2)CC1. The van der Waals surface area contributed by atoms with Crippen molar-refractivity contribution < 1.29 is 4.74 Å². The molecule has 1 fully saturated rings. The molecule has 0 spiro atoms. The van der Waals surface area contributed by atoms with Gasteiger partial charge in [0.05, 0.1) is 12.7 Å². The molecule has 0 amide bonds. The number of nitrogens with zero attached hydrogens (tertiary/aromatic N) is 2. The maximum absolute atomic E-state index is 6.07. The van der Waals surface area contributed by atoms with Gasteiger partial charge in [-0.05, 0) is 55.9 Å². The van der Waals surface area contributed by atoms with Crippen molar-refractivity contribution in [3.63, 3.8) is 0 Å². The van der Waals surface area contributed by atoms with Gasteiger partial charge in [-0.3, -0.25) is 4.98 Å². The largest absolute Gasteiger partial charge is 0.373 e. The first kappa shape index (κ1) is 17.1. The molecule has 0 radical (unpaired) electrons. The molecule has 0 N–H and O–H groups in total. The number of hydrogen-bond acceptors (Lipinski definition) is 3. The number of aryl methyl sites for hydroxylation is 1. The van der Waals surface area contributed by atoms with E-state index in [-0.39, 0.29) is 0 Å². The highest BCUT2D eigenvalue weighted by atomic mass is 16.5. The Hall–Kier alpha value is -1.71. The standard InChI is InChI=1S/C21H28N2O/c1-17-6-3-4-8-20(17)14-18(2)23-12-9-21(10-13-23)24-16-19-7-5-11-22-15-19/h3-8,11,15,18,21H,9-10,12-14,16H2,1-2H3. The van der Waals surface area contributed by atoms with Gasteiger partial charge in [-0.1, -0.05) is 30.3 Å². The van der Waals surface area contributed by atoms with Crippen molar-refractivity contribution in [1.29, 1.82) is 0 Å². The van der Waals surface area contributed by atoms with E-state index in [1.807, 2.05) is 12.3 Å². The molecule has 128 valence electrons. The minimum Gasteiger partial charge on any atom is -0.373 e. The van der Waals surface area contributed by atoms with Crippen LogP contribution in [0.1, 0.15) is 36.5 Å². The van der Waals surface area contributed by atoms with Crippen LogP contribution in [0.15, 0.2) is 48.8 Å². The van der Waals surface area contributed by atoms with Crippen molar-refractivity contribution in [3.8, 4) is 0 Å². The number of hydrogen-bond donors (Lipinski definition) is 0. The number of pyridine rings is 1. The molecule has 0 aliphatic carbocycles. The number of ether oxygens (including phenoxy) is 1. The molecular formula is C21H28N2O. The molecule has 2 aromatic rings. The number of benzene rings is 1. The van der Waals surface area contributed by atoms with Crippen LogP contribution in [0.3, 0.4) is 0 Å². The highest BCUT2D eigenvalue weighted by Crippen LogP contribution is 2.20. The quantitative estimate of drug-likeness (QED) is 0.803. The first-order valence-electron chi connectivity index (χ1n) is 9.01. The van der Waals surface area contributed by atoms with Gasteiger partial charge < -0.3 is 9.64 Å². The molecule has 2 heterocycles. The minimum absolute atomic E-state index is 0.382. The van der Waals surface area contributed by atoms with Gasteiger partial charge in [-0.15, -0.1) is 0 Å². The first-order chi connectivity index (χ1) is 11.7. The Morgan fingerprint density at radius 2 is 1.96 bits per heavy atom. The van der Waals surface area contributed by atoms with Crippen molar-refractivity contribution >= 4 is 0 Å². The molecule has 3 heteroatoms. The summed E-state index contributed by atoms with van der Waals surface area (Å²) < 4.78 is 6.07. The fourth-order valence-electron chi connectivity index (χ4n) is 3.47. The molecule has 24 heavy (non-hydrogen) atoms. The van der Waals surface area contributed by atoms with Crippen LogP contribution in [0.25, 0.3) is 0 Å². The van der Waals surface area contributed by atoms with Gasteiger partial charge in [0, 0.05) is 31.5 Å². The van der Waals surface area contributed by atoms with Crippen LogP contribution in [0.4, 0.5) is 0 Å². The highest BCUT2D eigenvalue weighted by Gasteiger charge is 2.23. The average molecular weight is 324 g/mol. The van der Waals surface area contributed by atoms with Crippen molar-refractivity contribution in [2.24, 2.45) is 0 Å². The van der Waals surface area contributed by atoms with E-state index < -0.39 is 0 Å². The summed E-state index contributed by atoms with van der Waals surface area (Å²) in [7, 11) is 0. The van der Waals surface area contributed by atoms with E-state index in [0.717, 1.165) is 37.9 Å². The smallest absolute Gasteiger partial charge is 0.0735 e. The Bertz CT molecular complexity index is 621. The van der Waals surface area contributed by atoms with E-state index in [1.165, 1.54) is 11.1 Å². The van der Waals surface area contributed by atoms with E-state index >= 15 is 0 Å². The van der Waals surface area contributed by atoms with Crippen LogP contribution in [0, 0.1) is 6.92 Å². The van der Waals surface area contributed by atoms with Crippen LogP contribution in [-0.4, -0.2) is 35.1 Å². The Labute approximate surface area is 145 Å². The lowest BCUT2D eigenvalue weighted by atomic mass is 9.99. The van der Waals surface area contributed by atoms with Crippen LogP contribution < -0.4 is 0 Å². The van der Waals surface area contributed by atoms with Gasteiger partial charge in [-0.25, -0.2) is 0 Å². The Kier molecular flexibility index (Phi) is 6.00. The zero-order chi connectivity index (χ0) is 16.8. The zero-order valence-corrected chi connectivity index (χ0v) is 14.8. The van der Waals surface area contributed by atoms with Gasteiger partial charge in [0.15, 0.2) is 0 Å². The third-order valence-electron chi connectivity index (χ3n) is 5.08. The molecule has 1 atom stereocenters. The Balaban J connectivity index is 1.44. The lowest BCUT2D eigenvalue weighted by Gasteiger charge is -2.36. The predicted molar refractivity (Wildman–Crippen MR) is 98.0 cm³/mol. The third-order valence-corrected chi connectivity index (χ3v) is 5.08. The van der Waals surface area contributed by atoms with Crippen molar-refractivity contribution in [2.45, 2.75) is 51.9 Å². The molecule has 0 bridgehead atoms. The van der Waals surface area contributed by atoms with Gasteiger partial charge in [-0.2, -0.15) is 0 Å². The lowest BCUT2D eigenvalue weighted by molar-refractivity contribution is -0.00953. The van der Waals surface area contributed by atoms with Gasteiger partial charge in [0.25, 0.3) is 0 Å². The molecule has 1 aliphatic rings. The van der Waals surface area contributed by atoms with Crippen molar-refractivity contribution in [2.75, 3.05) is 13.1 Å². The number of piperidine rings is 1. The molecular weight excluding hydrogens is 296 g/mol. The summed E-state index contributed by atoms with van der Waals surface area (Å²) in [5.41, 5.74) is 4.03. The summed E-state index contributed by atoms with van der Waals surface area (Å²) in [6.45, 7) is 7.50. The Morgan fingerprint density at radius 1 is 1.17 bits per heavy atom.